The first-order valence-electron chi connectivity index (χ1n) is 5.56. The van der Waals surface area contributed by atoms with Crippen LogP contribution < -0.4 is 4.72 Å². The van der Waals surface area contributed by atoms with Crippen molar-refractivity contribution >= 4 is 33.1 Å². The Kier molecular flexibility index (Phi) is 4.05. The van der Waals surface area contributed by atoms with Crippen LogP contribution in [0.5, 0.6) is 0 Å². The molecule has 0 fully saturated rings. The van der Waals surface area contributed by atoms with Crippen molar-refractivity contribution in [2.75, 3.05) is 11.8 Å². The van der Waals surface area contributed by atoms with Crippen molar-refractivity contribution in [2.45, 2.75) is 11.8 Å². The van der Waals surface area contributed by atoms with Gasteiger partial charge in [-0.3, -0.25) is 4.72 Å². The van der Waals surface area contributed by atoms with Crippen LogP contribution in [0.4, 0.5) is 5.82 Å². The minimum Gasteiger partial charge on any atom is -0.465 e. The maximum atomic E-state index is 12.3. The lowest BCUT2D eigenvalue weighted by Gasteiger charge is -2.09. The van der Waals surface area contributed by atoms with Crippen LogP contribution in [0.1, 0.15) is 15.2 Å². The second-order valence-electron chi connectivity index (χ2n) is 3.88. The number of carbonyl (C=O) groups is 1. The van der Waals surface area contributed by atoms with Crippen molar-refractivity contribution in [3.05, 3.63) is 40.2 Å². The lowest BCUT2D eigenvalue weighted by molar-refractivity contribution is 0.0602. The first-order chi connectivity index (χ1) is 9.45. The number of ether oxygens (including phenoxy) is 1. The molecule has 0 spiro atoms. The van der Waals surface area contributed by atoms with E-state index in [1.54, 1.807) is 19.1 Å². The van der Waals surface area contributed by atoms with Crippen molar-refractivity contribution in [3.8, 4) is 0 Å². The standard InChI is InChI=1S/C12H12N2O4S2/c1-8-4-3-6-13-11(8)14-20(16,17)9-5-7-19-10(9)12(15)18-2/h3-7H,1-2H3,(H,13,14). The van der Waals surface area contributed by atoms with Crippen molar-refractivity contribution in [1.82, 2.24) is 4.98 Å². The summed E-state index contributed by atoms with van der Waals surface area (Å²) in [6.07, 6.45) is 1.49. The summed E-state index contributed by atoms with van der Waals surface area (Å²) in [4.78, 5) is 15.4. The maximum absolute atomic E-state index is 12.3. The van der Waals surface area contributed by atoms with Crippen molar-refractivity contribution in [1.29, 1.82) is 0 Å². The minimum absolute atomic E-state index is 0.0357. The van der Waals surface area contributed by atoms with E-state index in [2.05, 4.69) is 14.4 Å². The van der Waals surface area contributed by atoms with E-state index in [1.807, 2.05) is 0 Å². The van der Waals surface area contributed by atoms with Gasteiger partial charge >= 0.3 is 5.97 Å². The molecule has 0 aromatic carbocycles. The van der Waals surface area contributed by atoms with Gasteiger partial charge in [-0.05, 0) is 30.0 Å². The SMILES string of the molecule is COC(=O)c1sccc1S(=O)(=O)Nc1ncccc1C. The molecule has 0 bridgehead atoms. The van der Waals surface area contributed by atoms with E-state index in [0.29, 0.717) is 5.56 Å². The van der Waals surface area contributed by atoms with Gasteiger partial charge in [0.15, 0.2) is 0 Å². The van der Waals surface area contributed by atoms with Crippen LogP contribution >= 0.6 is 11.3 Å². The van der Waals surface area contributed by atoms with Gasteiger partial charge in [0.05, 0.1) is 7.11 Å². The highest BCUT2D eigenvalue weighted by Gasteiger charge is 2.25. The average molecular weight is 312 g/mol. The molecule has 0 aliphatic heterocycles. The minimum atomic E-state index is -3.88. The monoisotopic (exact) mass is 312 g/mol. The number of carbonyl (C=O) groups excluding carboxylic acids is 1. The Morgan fingerprint density at radius 2 is 2.15 bits per heavy atom. The molecule has 0 aliphatic rings. The summed E-state index contributed by atoms with van der Waals surface area (Å²) >= 11 is 1.01. The van der Waals surface area contributed by atoms with Crippen molar-refractivity contribution in [3.63, 3.8) is 0 Å². The number of esters is 1. The molecule has 2 heterocycles. The molecule has 0 saturated heterocycles. The average Bonchev–Trinajstić information content (AvgIpc) is 2.90. The highest BCUT2D eigenvalue weighted by molar-refractivity contribution is 7.93. The molecule has 0 amide bonds. The van der Waals surface area contributed by atoms with Gasteiger partial charge in [0.25, 0.3) is 10.0 Å². The van der Waals surface area contributed by atoms with Crippen LogP contribution in [0.25, 0.3) is 0 Å². The molecule has 0 aliphatic carbocycles. The maximum Gasteiger partial charge on any atom is 0.349 e. The number of rotatable bonds is 4. The highest BCUT2D eigenvalue weighted by Crippen LogP contribution is 2.25. The molecule has 2 aromatic rings. The fraction of sp³-hybridized carbons (Fsp3) is 0.167. The Morgan fingerprint density at radius 3 is 2.80 bits per heavy atom. The smallest absolute Gasteiger partial charge is 0.349 e. The summed E-state index contributed by atoms with van der Waals surface area (Å²) in [5, 5.41) is 1.52. The summed E-state index contributed by atoms with van der Waals surface area (Å²) in [6, 6.07) is 4.80. The molecule has 20 heavy (non-hydrogen) atoms. The third kappa shape index (κ3) is 2.81. The van der Waals surface area contributed by atoms with Crippen LogP contribution in [0.3, 0.4) is 0 Å². The molecule has 0 unspecified atom stereocenters. The molecule has 0 radical (unpaired) electrons. The molecule has 2 aromatic heterocycles. The molecular formula is C12H12N2O4S2. The molecule has 2 rings (SSSR count). The summed E-state index contributed by atoms with van der Waals surface area (Å²) in [6.45, 7) is 1.74. The van der Waals surface area contributed by atoms with Crippen LogP contribution in [-0.4, -0.2) is 26.5 Å². The number of anilines is 1. The van der Waals surface area contributed by atoms with E-state index in [9.17, 15) is 13.2 Å². The van der Waals surface area contributed by atoms with Gasteiger partial charge in [0, 0.05) is 6.20 Å². The second kappa shape index (κ2) is 5.59. The third-order valence-corrected chi connectivity index (χ3v) is 4.93. The molecule has 8 heteroatoms. The largest absolute Gasteiger partial charge is 0.465 e. The summed E-state index contributed by atoms with van der Waals surface area (Å²) in [5.41, 5.74) is 0.686. The molecule has 1 N–H and O–H groups in total. The second-order valence-corrected chi connectivity index (χ2v) is 6.45. The van der Waals surface area contributed by atoms with Crippen LogP contribution in [0, 0.1) is 6.92 Å². The van der Waals surface area contributed by atoms with E-state index in [4.69, 9.17) is 0 Å². The zero-order valence-electron chi connectivity index (χ0n) is 10.8. The van der Waals surface area contributed by atoms with Gasteiger partial charge < -0.3 is 4.74 Å². The van der Waals surface area contributed by atoms with Crippen LogP contribution in [-0.2, 0) is 14.8 Å². The summed E-state index contributed by atoms with van der Waals surface area (Å²) < 4.78 is 31.5. The van der Waals surface area contributed by atoms with E-state index in [-0.39, 0.29) is 15.6 Å². The van der Waals surface area contributed by atoms with Crippen LogP contribution in [0.15, 0.2) is 34.7 Å². The lowest BCUT2D eigenvalue weighted by atomic mass is 10.3. The highest BCUT2D eigenvalue weighted by atomic mass is 32.2. The number of pyridine rings is 1. The summed E-state index contributed by atoms with van der Waals surface area (Å²) in [7, 11) is -2.68. The summed E-state index contributed by atoms with van der Waals surface area (Å²) in [5.74, 6) is -0.451. The van der Waals surface area contributed by atoms with Gasteiger partial charge in [-0.25, -0.2) is 18.2 Å². The number of thiophene rings is 1. The predicted octanol–water partition coefficient (Wildman–Crippen LogP) is 2.04. The number of hydrogen-bond donors (Lipinski definition) is 1. The topological polar surface area (TPSA) is 85.4 Å². The fourth-order valence-electron chi connectivity index (χ4n) is 1.53. The first kappa shape index (κ1) is 14.5. The molecule has 0 saturated carbocycles. The Morgan fingerprint density at radius 1 is 1.40 bits per heavy atom. The molecule has 106 valence electrons. The number of aromatic nitrogens is 1. The van der Waals surface area contributed by atoms with Gasteiger partial charge in [-0.2, -0.15) is 0 Å². The number of nitrogens with zero attached hydrogens (tertiary/aromatic N) is 1. The van der Waals surface area contributed by atoms with Gasteiger partial charge in [0.1, 0.15) is 15.6 Å². The molecule has 6 nitrogen and oxygen atoms in total. The lowest BCUT2D eigenvalue weighted by Crippen LogP contribution is -2.17. The molecule has 0 atom stereocenters. The number of methoxy groups -OCH3 is 1. The van der Waals surface area contributed by atoms with Crippen molar-refractivity contribution in [2.24, 2.45) is 0 Å². The fourth-order valence-corrected chi connectivity index (χ4v) is 3.94. The Hall–Kier alpha value is -1.93. The quantitative estimate of drug-likeness (QED) is 0.873. The molecular weight excluding hydrogens is 300 g/mol. The van der Waals surface area contributed by atoms with E-state index in [1.165, 1.54) is 24.8 Å². The van der Waals surface area contributed by atoms with Gasteiger partial charge in [-0.1, -0.05) is 6.07 Å². The number of sulfonamides is 1. The number of hydrogen-bond acceptors (Lipinski definition) is 6. The van der Waals surface area contributed by atoms with E-state index in [0.717, 1.165) is 11.3 Å². The number of nitrogens with one attached hydrogen (secondary N) is 1. The predicted molar refractivity (Wildman–Crippen MR) is 75.4 cm³/mol. The normalized spacial score (nSPS) is 11.1. The van der Waals surface area contributed by atoms with E-state index < -0.39 is 16.0 Å². The third-order valence-electron chi connectivity index (χ3n) is 2.53. The van der Waals surface area contributed by atoms with Crippen LogP contribution in [0.2, 0.25) is 0 Å². The first-order valence-corrected chi connectivity index (χ1v) is 7.92. The Bertz CT molecular complexity index is 737. The van der Waals surface area contributed by atoms with Gasteiger partial charge in [0.2, 0.25) is 0 Å². The number of aryl methyl sites for hydroxylation is 1. The zero-order chi connectivity index (χ0) is 14.8. The Labute approximate surface area is 120 Å². The van der Waals surface area contributed by atoms with E-state index >= 15 is 0 Å². The Balaban J connectivity index is 2.40. The van der Waals surface area contributed by atoms with Crippen molar-refractivity contribution < 1.29 is 17.9 Å². The van der Waals surface area contributed by atoms with Gasteiger partial charge in [-0.15, -0.1) is 11.3 Å². The zero-order valence-corrected chi connectivity index (χ0v) is 12.4.